The second-order valence-electron chi connectivity index (χ2n) is 3.99. The molecule has 0 aromatic carbocycles. The third kappa shape index (κ3) is 2.04. The topological polar surface area (TPSA) is 51.4 Å². The summed E-state index contributed by atoms with van der Waals surface area (Å²) in [5.74, 6) is 0.894. The van der Waals surface area contributed by atoms with E-state index in [1.165, 1.54) is 0 Å². The summed E-state index contributed by atoms with van der Waals surface area (Å²) in [7, 11) is 0. The molecule has 1 aliphatic rings. The van der Waals surface area contributed by atoms with Crippen molar-refractivity contribution in [1.82, 2.24) is 4.98 Å². The van der Waals surface area contributed by atoms with E-state index in [1.807, 2.05) is 13.0 Å². The van der Waals surface area contributed by atoms with E-state index in [9.17, 15) is 0 Å². The second-order valence-corrected chi connectivity index (χ2v) is 3.99. The molecule has 0 spiro atoms. The predicted octanol–water partition coefficient (Wildman–Crippen LogP) is 1.20. The highest BCUT2D eigenvalue weighted by Gasteiger charge is 2.19. The van der Waals surface area contributed by atoms with E-state index >= 15 is 0 Å². The van der Waals surface area contributed by atoms with Gasteiger partial charge in [-0.3, -0.25) is 0 Å². The molecule has 2 rings (SSSR count). The molecule has 1 unspecified atom stereocenters. The number of aryl methyl sites for hydroxylation is 1. The first-order valence-electron chi connectivity index (χ1n) is 5.26. The Morgan fingerprint density at radius 3 is 3.13 bits per heavy atom. The highest BCUT2D eigenvalue weighted by atomic mass is 16.5. The van der Waals surface area contributed by atoms with Crippen LogP contribution in [0.5, 0.6) is 0 Å². The van der Waals surface area contributed by atoms with Gasteiger partial charge in [0.25, 0.3) is 0 Å². The van der Waals surface area contributed by atoms with E-state index in [-0.39, 0.29) is 6.10 Å². The van der Waals surface area contributed by atoms with E-state index in [4.69, 9.17) is 10.5 Å². The first-order chi connectivity index (χ1) is 7.18. The van der Waals surface area contributed by atoms with Gasteiger partial charge >= 0.3 is 0 Å². The third-order valence-electron chi connectivity index (χ3n) is 2.73. The fourth-order valence-corrected chi connectivity index (χ4v) is 1.82. The van der Waals surface area contributed by atoms with Crippen molar-refractivity contribution in [3.63, 3.8) is 0 Å². The van der Waals surface area contributed by atoms with Crippen LogP contribution in [0.3, 0.4) is 0 Å². The molecule has 0 saturated carbocycles. The zero-order valence-electron chi connectivity index (χ0n) is 9.23. The van der Waals surface area contributed by atoms with Gasteiger partial charge in [0.05, 0.1) is 18.4 Å². The number of aromatic nitrogens is 1. The SMILES string of the molecule is Cc1ccnc(N2CCOC(C)C2)c1N. The van der Waals surface area contributed by atoms with Crippen molar-refractivity contribution in [1.29, 1.82) is 0 Å². The van der Waals surface area contributed by atoms with Crippen molar-refractivity contribution in [3.05, 3.63) is 17.8 Å². The monoisotopic (exact) mass is 207 g/mol. The Hall–Kier alpha value is -1.29. The van der Waals surface area contributed by atoms with Crippen LogP contribution in [0.15, 0.2) is 12.3 Å². The molecule has 1 aromatic heterocycles. The average molecular weight is 207 g/mol. The van der Waals surface area contributed by atoms with Crippen LogP contribution in [0.25, 0.3) is 0 Å². The standard InChI is InChI=1S/C11H17N3O/c1-8-3-4-13-11(10(8)12)14-5-6-15-9(2)7-14/h3-4,9H,5-7,12H2,1-2H3. The van der Waals surface area contributed by atoms with E-state index in [2.05, 4.69) is 16.8 Å². The maximum absolute atomic E-state index is 6.01. The average Bonchev–Trinajstić information content (AvgIpc) is 2.22. The van der Waals surface area contributed by atoms with Crippen LogP contribution in [-0.2, 0) is 4.74 Å². The lowest BCUT2D eigenvalue weighted by atomic mass is 10.2. The van der Waals surface area contributed by atoms with Crippen LogP contribution >= 0.6 is 0 Å². The molecule has 1 atom stereocenters. The van der Waals surface area contributed by atoms with E-state index in [0.717, 1.165) is 36.8 Å². The number of nitrogens with zero attached hydrogens (tertiary/aromatic N) is 2. The molecule has 1 saturated heterocycles. The number of pyridine rings is 1. The summed E-state index contributed by atoms with van der Waals surface area (Å²) in [4.78, 5) is 6.53. The molecule has 1 aliphatic heterocycles. The fraction of sp³-hybridized carbons (Fsp3) is 0.545. The summed E-state index contributed by atoms with van der Waals surface area (Å²) in [6.07, 6.45) is 2.06. The van der Waals surface area contributed by atoms with E-state index < -0.39 is 0 Å². The zero-order chi connectivity index (χ0) is 10.8. The van der Waals surface area contributed by atoms with Gasteiger partial charge in [0.2, 0.25) is 0 Å². The molecular weight excluding hydrogens is 190 g/mol. The molecule has 1 fully saturated rings. The number of morpholine rings is 1. The van der Waals surface area contributed by atoms with Crippen LogP contribution in [0.2, 0.25) is 0 Å². The minimum Gasteiger partial charge on any atom is -0.396 e. The summed E-state index contributed by atoms with van der Waals surface area (Å²) in [6.45, 7) is 6.55. The predicted molar refractivity (Wildman–Crippen MR) is 61.0 cm³/mol. The van der Waals surface area contributed by atoms with Gasteiger partial charge < -0.3 is 15.4 Å². The number of hydrogen-bond acceptors (Lipinski definition) is 4. The molecule has 4 heteroatoms. The number of nitrogens with two attached hydrogens (primary N) is 1. The van der Waals surface area contributed by atoms with Crippen molar-refractivity contribution in [3.8, 4) is 0 Å². The Bertz CT molecular complexity index is 354. The minimum atomic E-state index is 0.250. The second kappa shape index (κ2) is 4.06. The lowest BCUT2D eigenvalue weighted by Crippen LogP contribution is -2.41. The van der Waals surface area contributed by atoms with Crippen molar-refractivity contribution in [2.75, 3.05) is 30.3 Å². The van der Waals surface area contributed by atoms with Gasteiger partial charge in [-0.15, -0.1) is 0 Å². The highest BCUT2D eigenvalue weighted by molar-refractivity contribution is 5.66. The molecule has 0 radical (unpaired) electrons. The van der Waals surface area contributed by atoms with Gasteiger partial charge in [-0.1, -0.05) is 0 Å². The Kier molecular flexibility index (Phi) is 2.77. The molecule has 2 N–H and O–H groups in total. The summed E-state index contributed by atoms with van der Waals surface area (Å²) in [5.41, 5.74) is 7.88. The van der Waals surface area contributed by atoms with Crippen LogP contribution in [0, 0.1) is 6.92 Å². The highest BCUT2D eigenvalue weighted by Crippen LogP contribution is 2.24. The molecule has 0 aliphatic carbocycles. The van der Waals surface area contributed by atoms with Crippen molar-refractivity contribution >= 4 is 11.5 Å². The van der Waals surface area contributed by atoms with Gasteiger partial charge in [0.15, 0.2) is 5.82 Å². The van der Waals surface area contributed by atoms with Crippen molar-refractivity contribution in [2.45, 2.75) is 20.0 Å². The van der Waals surface area contributed by atoms with Crippen LogP contribution in [0.4, 0.5) is 11.5 Å². The van der Waals surface area contributed by atoms with Gasteiger partial charge in [-0.2, -0.15) is 0 Å². The number of rotatable bonds is 1. The summed E-state index contributed by atoms with van der Waals surface area (Å²) in [5, 5.41) is 0. The van der Waals surface area contributed by atoms with Crippen LogP contribution in [0.1, 0.15) is 12.5 Å². The molecule has 15 heavy (non-hydrogen) atoms. The lowest BCUT2D eigenvalue weighted by Gasteiger charge is -2.32. The van der Waals surface area contributed by atoms with E-state index in [1.54, 1.807) is 6.20 Å². The summed E-state index contributed by atoms with van der Waals surface area (Å²) in [6, 6.07) is 1.93. The smallest absolute Gasteiger partial charge is 0.152 e. The lowest BCUT2D eigenvalue weighted by molar-refractivity contribution is 0.0530. The zero-order valence-corrected chi connectivity index (χ0v) is 9.23. The molecule has 2 heterocycles. The largest absolute Gasteiger partial charge is 0.396 e. The first-order valence-corrected chi connectivity index (χ1v) is 5.26. The first kappa shape index (κ1) is 10.2. The van der Waals surface area contributed by atoms with Gasteiger partial charge in [0, 0.05) is 19.3 Å². The van der Waals surface area contributed by atoms with Gasteiger partial charge in [-0.25, -0.2) is 4.98 Å². The number of anilines is 2. The minimum absolute atomic E-state index is 0.250. The maximum Gasteiger partial charge on any atom is 0.152 e. The quantitative estimate of drug-likeness (QED) is 0.751. The van der Waals surface area contributed by atoms with Crippen molar-refractivity contribution < 1.29 is 4.74 Å². The summed E-state index contributed by atoms with van der Waals surface area (Å²) < 4.78 is 5.49. The molecule has 0 bridgehead atoms. The fourth-order valence-electron chi connectivity index (χ4n) is 1.82. The Balaban J connectivity index is 2.24. The van der Waals surface area contributed by atoms with E-state index in [0.29, 0.717) is 0 Å². The Morgan fingerprint density at radius 1 is 1.60 bits per heavy atom. The number of hydrogen-bond donors (Lipinski definition) is 1. The number of ether oxygens (including phenoxy) is 1. The molecule has 1 aromatic rings. The van der Waals surface area contributed by atoms with Crippen LogP contribution in [-0.4, -0.2) is 30.8 Å². The van der Waals surface area contributed by atoms with Crippen LogP contribution < -0.4 is 10.6 Å². The van der Waals surface area contributed by atoms with Gasteiger partial charge in [-0.05, 0) is 25.5 Å². The molecule has 4 nitrogen and oxygen atoms in total. The van der Waals surface area contributed by atoms with Crippen molar-refractivity contribution in [2.24, 2.45) is 0 Å². The molecular formula is C11H17N3O. The normalized spacial score (nSPS) is 21.7. The summed E-state index contributed by atoms with van der Waals surface area (Å²) >= 11 is 0. The molecule has 82 valence electrons. The Labute approximate surface area is 90.0 Å². The maximum atomic E-state index is 6.01. The number of nitrogen functional groups attached to an aromatic ring is 1. The van der Waals surface area contributed by atoms with Gasteiger partial charge in [0.1, 0.15) is 0 Å². The third-order valence-corrected chi connectivity index (χ3v) is 2.73. The Morgan fingerprint density at radius 2 is 2.40 bits per heavy atom. The molecule has 0 amide bonds.